The highest BCUT2D eigenvalue weighted by atomic mass is 16.5. The second kappa shape index (κ2) is 6.33. The van der Waals surface area contributed by atoms with E-state index in [1.165, 1.54) is 28.3 Å². The number of amides is 1. The van der Waals surface area contributed by atoms with E-state index in [9.17, 15) is 15.0 Å². The Hall–Kier alpha value is -2.67. The predicted octanol–water partition coefficient (Wildman–Crippen LogP) is 2.01. The zero-order chi connectivity index (χ0) is 18.3. The minimum absolute atomic E-state index is 0.00200. The van der Waals surface area contributed by atoms with Crippen molar-refractivity contribution in [2.75, 3.05) is 39.4 Å². The molecule has 0 bridgehead atoms. The van der Waals surface area contributed by atoms with E-state index in [0.717, 1.165) is 5.56 Å². The van der Waals surface area contributed by atoms with Crippen molar-refractivity contribution in [1.82, 2.24) is 0 Å². The smallest absolute Gasteiger partial charge is 0.223 e. The van der Waals surface area contributed by atoms with Crippen LogP contribution in [0, 0.1) is 0 Å². The van der Waals surface area contributed by atoms with Crippen LogP contribution in [-0.4, -0.2) is 50.6 Å². The molecular weight excluding hydrogens is 326 g/mol. The molecule has 3 rings (SSSR count). The van der Waals surface area contributed by atoms with Gasteiger partial charge in [0.15, 0.2) is 11.5 Å². The number of aliphatic hydroxyl groups excluding tert-OH is 1. The maximum absolute atomic E-state index is 12.0. The van der Waals surface area contributed by atoms with Crippen molar-refractivity contribution in [2.45, 2.75) is 12.8 Å². The molecule has 2 N–H and O–H groups in total. The van der Waals surface area contributed by atoms with Gasteiger partial charge >= 0.3 is 0 Å². The zero-order valence-corrected chi connectivity index (χ0v) is 14.6. The van der Waals surface area contributed by atoms with Crippen LogP contribution in [-0.2, 0) is 4.79 Å². The molecule has 0 saturated carbocycles. The normalized spacial score (nSPS) is 16.0. The van der Waals surface area contributed by atoms with Gasteiger partial charge in [-0.05, 0) is 11.6 Å². The van der Waals surface area contributed by atoms with E-state index in [-0.39, 0.29) is 24.2 Å². The number of rotatable bonds is 4. The second-order valence-electron chi connectivity index (χ2n) is 5.91. The van der Waals surface area contributed by atoms with Crippen molar-refractivity contribution in [1.29, 1.82) is 0 Å². The summed E-state index contributed by atoms with van der Waals surface area (Å²) < 4.78 is 16.3. The molecule has 0 spiro atoms. The summed E-state index contributed by atoms with van der Waals surface area (Å²) in [6.45, 7) is 1.67. The third-order valence-electron chi connectivity index (χ3n) is 4.63. The van der Waals surface area contributed by atoms with Crippen molar-refractivity contribution >= 4 is 22.4 Å². The van der Waals surface area contributed by atoms with Gasteiger partial charge < -0.3 is 29.3 Å². The SMILES string of the molecule is COc1cc2c(O)cc3c(c2c(OC)c1OC)C(CO)CN3C(C)=O. The molecule has 25 heavy (non-hydrogen) atoms. The summed E-state index contributed by atoms with van der Waals surface area (Å²) in [6, 6.07) is 3.21. The number of methoxy groups -OCH3 is 3. The van der Waals surface area contributed by atoms with E-state index < -0.39 is 0 Å². The van der Waals surface area contributed by atoms with Gasteiger partial charge in [0.05, 0.1) is 33.6 Å². The highest BCUT2D eigenvalue weighted by Crippen LogP contribution is 2.52. The van der Waals surface area contributed by atoms with E-state index in [0.29, 0.717) is 40.3 Å². The Bertz CT molecular complexity index is 848. The van der Waals surface area contributed by atoms with Crippen LogP contribution in [0.15, 0.2) is 12.1 Å². The number of hydrogen-bond acceptors (Lipinski definition) is 6. The lowest BCUT2D eigenvalue weighted by Crippen LogP contribution is -2.27. The predicted molar refractivity (Wildman–Crippen MR) is 93.1 cm³/mol. The van der Waals surface area contributed by atoms with E-state index in [1.54, 1.807) is 17.0 Å². The molecule has 1 unspecified atom stereocenters. The molecule has 0 fully saturated rings. The van der Waals surface area contributed by atoms with Crippen LogP contribution < -0.4 is 19.1 Å². The lowest BCUT2D eigenvalue weighted by molar-refractivity contribution is -0.116. The number of phenolic OH excluding ortho intramolecular Hbond substituents is 1. The third-order valence-corrected chi connectivity index (χ3v) is 4.63. The van der Waals surface area contributed by atoms with Gasteiger partial charge in [-0.25, -0.2) is 0 Å². The molecule has 1 aliphatic rings. The minimum atomic E-state index is -0.283. The molecule has 7 nitrogen and oxygen atoms in total. The average molecular weight is 347 g/mol. The Balaban J connectivity index is 2.47. The number of hydrogen-bond donors (Lipinski definition) is 2. The molecule has 0 radical (unpaired) electrons. The Kier molecular flexibility index (Phi) is 4.34. The first kappa shape index (κ1) is 17.2. The Morgan fingerprint density at radius 3 is 2.40 bits per heavy atom. The third kappa shape index (κ3) is 2.42. The van der Waals surface area contributed by atoms with Crippen molar-refractivity contribution in [3.05, 3.63) is 17.7 Å². The zero-order valence-electron chi connectivity index (χ0n) is 14.6. The number of fused-ring (bicyclic) bond motifs is 3. The lowest BCUT2D eigenvalue weighted by atomic mass is 9.93. The molecule has 1 atom stereocenters. The second-order valence-corrected chi connectivity index (χ2v) is 5.91. The van der Waals surface area contributed by atoms with E-state index in [2.05, 4.69) is 0 Å². The number of phenols is 1. The lowest BCUT2D eigenvalue weighted by Gasteiger charge is -2.20. The highest BCUT2D eigenvalue weighted by molar-refractivity contribution is 6.07. The molecule has 7 heteroatoms. The van der Waals surface area contributed by atoms with Crippen molar-refractivity contribution < 1.29 is 29.2 Å². The monoisotopic (exact) mass is 347 g/mol. The van der Waals surface area contributed by atoms with Crippen LogP contribution in [0.5, 0.6) is 23.0 Å². The fourth-order valence-corrected chi connectivity index (χ4v) is 3.53. The van der Waals surface area contributed by atoms with Gasteiger partial charge in [-0.1, -0.05) is 0 Å². The van der Waals surface area contributed by atoms with Gasteiger partial charge in [-0.3, -0.25) is 4.79 Å². The molecule has 2 aromatic carbocycles. The molecule has 1 amide bonds. The molecule has 0 saturated heterocycles. The van der Waals surface area contributed by atoms with E-state index >= 15 is 0 Å². The Morgan fingerprint density at radius 2 is 1.88 bits per heavy atom. The quantitative estimate of drug-likeness (QED) is 0.880. The maximum atomic E-state index is 12.0. The largest absolute Gasteiger partial charge is 0.507 e. The average Bonchev–Trinajstić information content (AvgIpc) is 2.98. The summed E-state index contributed by atoms with van der Waals surface area (Å²) >= 11 is 0. The van der Waals surface area contributed by atoms with Gasteiger partial charge in [0.25, 0.3) is 0 Å². The molecule has 1 aliphatic heterocycles. The number of aliphatic hydroxyl groups is 1. The van der Waals surface area contributed by atoms with Crippen molar-refractivity contribution in [3.63, 3.8) is 0 Å². The van der Waals surface area contributed by atoms with Crippen molar-refractivity contribution in [2.24, 2.45) is 0 Å². The first-order valence-electron chi connectivity index (χ1n) is 7.85. The van der Waals surface area contributed by atoms with Crippen LogP contribution in [0.3, 0.4) is 0 Å². The highest BCUT2D eigenvalue weighted by Gasteiger charge is 2.35. The molecule has 134 valence electrons. The van der Waals surface area contributed by atoms with Crippen LogP contribution in [0.25, 0.3) is 10.8 Å². The first-order chi connectivity index (χ1) is 12.0. The standard InChI is InChI=1S/C18H21NO6/c1-9(21)19-7-10(8-20)15-12(19)6-13(22)11-5-14(23-2)17(24-3)18(25-4)16(11)15/h5-6,10,20,22H,7-8H2,1-4H3. The Morgan fingerprint density at radius 1 is 1.20 bits per heavy atom. The van der Waals surface area contributed by atoms with Crippen molar-refractivity contribution in [3.8, 4) is 23.0 Å². The van der Waals surface area contributed by atoms with Gasteiger partial charge in [0.1, 0.15) is 5.75 Å². The summed E-state index contributed by atoms with van der Waals surface area (Å²) in [6.07, 6.45) is 0. The topological polar surface area (TPSA) is 88.5 Å². The Labute approximate surface area is 145 Å². The van der Waals surface area contributed by atoms with Gasteiger partial charge in [0.2, 0.25) is 11.7 Å². The van der Waals surface area contributed by atoms with Crippen LogP contribution in [0.2, 0.25) is 0 Å². The number of ether oxygens (including phenoxy) is 3. The van der Waals surface area contributed by atoms with Crippen LogP contribution >= 0.6 is 0 Å². The minimum Gasteiger partial charge on any atom is -0.507 e. The summed E-state index contributed by atoms with van der Waals surface area (Å²) in [4.78, 5) is 13.5. The maximum Gasteiger partial charge on any atom is 0.223 e. The summed E-state index contributed by atoms with van der Waals surface area (Å²) in [5.74, 6) is 0.766. The van der Waals surface area contributed by atoms with Gasteiger partial charge in [-0.15, -0.1) is 0 Å². The first-order valence-corrected chi connectivity index (χ1v) is 7.85. The van der Waals surface area contributed by atoms with Gasteiger partial charge in [0, 0.05) is 36.2 Å². The van der Waals surface area contributed by atoms with Crippen LogP contribution in [0.4, 0.5) is 5.69 Å². The number of carbonyl (C=O) groups excluding carboxylic acids is 1. The number of aromatic hydroxyl groups is 1. The summed E-state index contributed by atoms with van der Waals surface area (Å²) in [5, 5.41) is 21.5. The van der Waals surface area contributed by atoms with E-state index in [4.69, 9.17) is 14.2 Å². The molecule has 0 aliphatic carbocycles. The van der Waals surface area contributed by atoms with E-state index in [1.807, 2.05) is 0 Å². The molecule has 1 heterocycles. The molecule has 2 aromatic rings. The summed E-state index contributed by atoms with van der Waals surface area (Å²) in [5.41, 5.74) is 1.32. The number of nitrogens with zero attached hydrogens (tertiary/aromatic N) is 1. The van der Waals surface area contributed by atoms with Gasteiger partial charge in [-0.2, -0.15) is 0 Å². The number of carbonyl (C=O) groups is 1. The fourth-order valence-electron chi connectivity index (χ4n) is 3.53. The number of anilines is 1. The fraction of sp³-hybridized carbons (Fsp3) is 0.389. The summed E-state index contributed by atoms with van der Waals surface area (Å²) in [7, 11) is 4.50. The molecular formula is C18H21NO6. The van der Waals surface area contributed by atoms with Crippen LogP contribution in [0.1, 0.15) is 18.4 Å². The number of benzene rings is 2. The molecule has 0 aromatic heterocycles.